The highest BCUT2D eigenvalue weighted by molar-refractivity contribution is 6.40. The van der Waals surface area contributed by atoms with Gasteiger partial charge in [0.2, 0.25) is 0 Å². The number of aliphatic hydroxyl groups excluding tert-OH is 1. The molecule has 0 fully saturated rings. The molecule has 5 N–H and O–H groups in total. The second kappa shape index (κ2) is 7.67. The summed E-state index contributed by atoms with van der Waals surface area (Å²) in [6.07, 6.45) is -1.04. The molecule has 0 aliphatic carbocycles. The number of halogens is 1. The van der Waals surface area contributed by atoms with E-state index in [2.05, 4.69) is 10.6 Å². The van der Waals surface area contributed by atoms with Crippen LogP contribution in [0.3, 0.4) is 0 Å². The zero-order chi connectivity index (χ0) is 17.7. The Bertz CT molecular complexity index is 749. The molecular weight excluding hydrogens is 336 g/mol. The number of hydrogen-bond donors (Lipinski definition) is 5. The van der Waals surface area contributed by atoms with E-state index >= 15 is 0 Å². The maximum atomic E-state index is 11.8. The van der Waals surface area contributed by atoms with Crippen molar-refractivity contribution in [2.24, 2.45) is 0 Å². The Hall–Kier alpha value is -2.77. The number of phenols is 2. The van der Waals surface area contributed by atoms with Crippen LogP contribution in [-0.4, -0.2) is 33.7 Å². The third-order valence-corrected chi connectivity index (χ3v) is 3.38. The molecule has 24 heavy (non-hydrogen) atoms. The molecule has 2 rings (SSSR count). The molecule has 0 spiro atoms. The zero-order valence-corrected chi connectivity index (χ0v) is 13.1. The van der Waals surface area contributed by atoms with Crippen molar-refractivity contribution in [3.63, 3.8) is 0 Å². The summed E-state index contributed by atoms with van der Waals surface area (Å²) in [5.74, 6) is -2.17. The molecule has 0 bridgehead atoms. The van der Waals surface area contributed by atoms with Gasteiger partial charge in [-0.1, -0.05) is 23.7 Å². The van der Waals surface area contributed by atoms with Crippen LogP contribution in [0, 0.1) is 0 Å². The van der Waals surface area contributed by atoms with Crippen molar-refractivity contribution < 1.29 is 24.9 Å². The number of phenolic OH excluding ortho intramolecular Hbond substituents is 2. The molecule has 8 heteroatoms. The van der Waals surface area contributed by atoms with Crippen molar-refractivity contribution in [1.29, 1.82) is 0 Å². The average molecular weight is 351 g/mol. The molecule has 0 aromatic heterocycles. The average Bonchev–Trinajstić information content (AvgIpc) is 2.56. The van der Waals surface area contributed by atoms with Crippen LogP contribution in [0.5, 0.6) is 11.5 Å². The molecule has 0 radical (unpaired) electrons. The van der Waals surface area contributed by atoms with Gasteiger partial charge in [0.25, 0.3) is 0 Å². The first-order valence-corrected chi connectivity index (χ1v) is 7.29. The van der Waals surface area contributed by atoms with Crippen LogP contribution in [0.15, 0.2) is 42.5 Å². The molecule has 0 saturated carbocycles. The first-order valence-electron chi connectivity index (χ1n) is 6.91. The maximum absolute atomic E-state index is 11.8. The molecule has 126 valence electrons. The molecule has 0 saturated heterocycles. The lowest BCUT2D eigenvalue weighted by molar-refractivity contribution is -0.136. The van der Waals surface area contributed by atoms with Gasteiger partial charge in [-0.25, -0.2) is 0 Å². The number of aliphatic hydroxyl groups is 1. The third-order valence-electron chi connectivity index (χ3n) is 3.15. The summed E-state index contributed by atoms with van der Waals surface area (Å²) < 4.78 is 0. The van der Waals surface area contributed by atoms with Gasteiger partial charge in [-0.05, 0) is 35.9 Å². The highest BCUT2D eigenvalue weighted by Crippen LogP contribution is 2.26. The van der Waals surface area contributed by atoms with Crippen LogP contribution in [0.1, 0.15) is 11.7 Å². The number of rotatable bonds is 4. The van der Waals surface area contributed by atoms with Gasteiger partial charge in [0, 0.05) is 11.6 Å². The van der Waals surface area contributed by atoms with E-state index in [-0.39, 0.29) is 28.8 Å². The van der Waals surface area contributed by atoms with Gasteiger partial charge in [-0.15, -0.1) is 0 Å². The summed E-state index contributed by atoms with van der Waals surface area (Å²) in [7, 11) is 0. The predicted octanol–water partition coefficient (Wildman–Crippen LogP) is 1.54. The van der Waals surface area contributed by atoms with Gasteiger partial charge in [-0.3, -0.25) is 9.59 Å². The van der Waals surface area contributed by atoms with Crippen molar-refractivity contribution in [3.8, 4) is 11.5 Å². The standard InChI is InChI=1S/C16H15ClN2O5/c17-10-3-6-13(21)12(7-10)19-16(24)15(23)18-8-14(22)9-1-4-11(20)5-2-9/h1-7,14,20-22H,8H2,(H,18,23)(H,19,24). The van der Waals surface area contributed by atoms with Crippen molar-refractivity contribution >= 4 is 29.1 Å². The largest absolute Gasteiger partial charge is 0.508 e. The number of carbonyl (C=O) groups excluding carboxylic acids is 2. The Balaban J connectivity index is 1.90. The van der Waals surface area contributed by atoms with Gasteiger partial charge in [0.05, 0.1) is 11.8 Å². The molecule has 2 amide bonds. The topological polar surface area (TPSA) is 119 Å². The van der Waals surface area contributed by atoms with Gasteiger partial charge in [-0.2, -0.15) is 0 Å². The van der Waals surface area contributed by atoms with E-state index in [1.807, 2.05) is 0 Å². The van der Waals surface area contributed by atoms with Gasteiger partial charge in [0.1, 0.15) is 11.5 Å². The Labute approximate surface area is 142 Å². The van der Waals surface area contributed by atoms with E-state index in [0.29, 0.717) is 5.56 Å². The normalized spacial score (nSPS) is 11.6. The number of benzene rings is 2. The van der Waals surface area contributed by atoms with E-state index < -0.39 is 17.9 Å². The van der Waals surface area contributed by atoms with Crippen LogP contribution in [0.25, 0.3) is 0 Å². The Morgan fingerprint density at radius 1 is 1.04 bits per heavy atom. The number of amides is 2. The second-order valence-electron chi connectivity index (χ2n) is 4.93. The summed E-state index contributed by atoms with van der Waals surface area (Å²) in [4.78, 5) is 23.5. The van der Waals surface area contributed by atoms with Crippen LogP contribution in [0.2, 0.25) is 5.02 Å². The van der Waals surface area contributed by atoms with E-state index in [1.54, 1.807) is 0 Å². The van der Waals surface area contributed by atoms with Gasteiger partial charge in [0.15, 0.2) is 0 Å². The number of carbonyl (C=O) groups is 2. The molecular formula is C16H15ClN2O5. The Morgan fingerprint density at radius 2 is 1.71 bits per heavy atom. The van der Waals surface area contributed by atoms with E-state index in [9.17, 15) is 24.9 Å². The monoisotopic (exact) mass is 350 g/mol. The van der Waals surface area contributed by atoms with Crippen molar-refractivity contribution in [1.82, 2.24) is 5.32 Å². The van der Waals surface area contributed by atoms with Crippen molar-refractivity contribution in [3.05, 3.63) is 53.1 Å². The van der Waals surface area contributed by atoms with Crippen LogP contribution >= 0.6 is 11.6 Å². The van der Waals surface area contributed by atoms with Crippen molar-refractivity contribution in [2.75, 3.05) is 11.9 Å². The minimum atomic E-state index is -1.04. The fourth-order valence-corrected chi connectivity index (χ4v) is 2.04. The first-order chi connectivity index (χ1) is 11.4. The van der Waals surface area contributed by atoms with Crippen LogP contribution in [-0.2, 0) is 9.59 Å². The summed E-state index contributed by atoms with van der Waals surface area (Å²) in [6, 6.07) is 9.80. The van der Waals surface area contributed by atoms with Crippen LogP contribution < -0.4 is 10.6 Å². The first kappa shape index (κ1) is 17.6. The lowest BCUT2D eigenvalue weighted by Gasteiger charge is -2.12. The van der Waals surface area contributed by atoms with Crippen LogP contribution in [0.4, 0.5) is 5.69 Å². The summed E-state index contributed by atoms with van der Waals surface area (Å²) >= 11 is 5.75. The van der Waals surface area contributed by atoms with E-state index in [1.165, 1.54) is 42.5 Å². The zero-order valence-electron chi connectivity index (χ0n) is 12.4. The molecule has 1 unspecified atom stereocenters. The highest BCUT2D eigenvalue weighted by Gasteiger charge is 2.17. The number of nitrogens with one attached hydrogen (secondary N) is 2. The van der Waals surface area contributed by atoms with Crippen molar-refractivity contribution in [2.45, 2.75) is 6.10 Å². The fourth-order valence-electron chi connectivity index (χ4n) is 1.87. The summed E-state index contributed by atoms with van der Waals surface area (Å²) in [5.41, 5.74) is 0.475. The maximum Gasteiger partial charge on any atom is 0.313 e. The molecule has 0 aliphatic heterocycles. The smallest absolute Gasteiger partial charge is 0.313 e. The lowest BCUT2D eigenvalue weighted by Crippen LogP contribution is -2.37. The quantitative estimate of drug-likeness (QED) is 0.423. The fraction of sp³-hybridized carbons (Fsp3) is 0.125. The second-order valence-corrected chi connectivity index (χ2v) is 5.37. The summed E-state index contributed by atoms with van der Waals surface area (Å²) in [5, 5.41) is 33.5. The molecule has 7 nitrogen and oxygen atoms in total. The molecule has 1 atom stereocenters. The molecule has 2 aromatic carbocycles. The number of anilines is 1. The SMILES string of the molecule is O=C(NCC(O)c1ccc(O)cc1)C(=O)Nc1cc(Cl)ccc1O. The third kappa shape index (κ3) is 4.61. The Morgan fingerprint density at radius 3 is 2.38 bits per heavy atom. The Kier molecular flexibility index (Phi) is 5.62. The highest BCUT2D eigenvalue weighted by atomic mass is 35.5. The van der Waals surface area contributed by atoms with E-state index in [4.69, 9.17) is 11.6 Å². The van der Waals surface area contributed by atoms with Gasteiger partial charge >= 0.3 is 11.8 Å². The molecule has 0 heterocycles. The molecule has 0 aliphatic rings. The van der Waals surface area contributed by atoms with Gasteiger partial charge < -0.3 is 26.0 Å². The predicted molar refractivity (Wildman–Crippen MR) is 87.8 cm³/mol. The number of hydrogen-bond acceptors (Lipinski definition) is 5. The lowest BCUT2D eigenvalue weighted by atomic mass is 10.1. The minimum absolute atomic E-state index is 0.00160. The van der Waals surface area contributed by atoms with E-state index in [0.717, 1.165) is 0 Å². The minimum Gasteiger partial charge on any atom is -0.508 e. The summed E-state index contributed by atoms with van der Waals surface area (Å²) in [6.45, 7) is -0.196. The molecule has 2 aromatic rings. The number of aromatic hydroxyl groups is 2.